The largest absolute Gasteiger partial charge is 0.312 e. The van der Waals surface area contributed by atoms with Gasteiger partial charge in [-0.1, -0.05) is 6.07 Å². The van der Waals surface area contributed by atoms with Gasteiger partial charge in [0.05, 0.1) is 11.6 Å². The van der Waals surface area contributed by atoms with Gasteiger partial charge >= 0.3 is 0 Å². The van der Waals surface area contributed by atoms with Gasteiger partial charge in [-0.25, -0.2) is 4.39 Å². The number of halogens is 1. The van der Waals surface area contributed by atoms with Crippen molar-refractivity contribution in [3.05, 3.63) is 57.5 Å². The number of hydrogen-bond acceptors (Lipinski definition) is 3. The second-order valence-corrected chi connectivity index (χ2v) is 4.76. The van der Waals surface area contributed by atoms with E-state index in [9.17, 15) is 4.39 Å². The zero-order valence-corrected chi connectivity index (χ0v) is 10.6. The predicted octanol–water partition coefficient (Wildman–Crippen LogP) is 3.09. The summed E-state index contributed by atoms with van der Waals surface area (Å²) in [7, 11) is 0. The first kappa shape index (κ1) is 12.7. The summed E-state index contributed by atoms with van der Waals surface area (Å²) in [4.78, 5) is 0. The van der Waals surface area contributed by atoms with Gasteiger partial charge in [0.2, 0.25) is 0 Å². The third-order valence-electron chi connectivity index (χ3n) is 2.67. The topological polar surface area (TPSA) is 35.8 Å². The molecule has 0 unspecified atom stereocenters. The number of thiophene rings is 1. The van der Waals surface area contributed by atoms with E-state index < -0.39 is 0 Å². The molecule has 2 rings (SSSR count). The Morgan fingerprint density at radius 3 is 2.89 bits per heavy atom. The van der Waals surface area contributed by atoms with Crippen LogP contribution in [-0.2, 0) is 13.0 Å². The molecule has 0 aliphatic heterocycles. The molecular formula is C14H13FN2S. The first-order valence-corrected chi connectivity index (χ1v) is 6.64. The van der Waals surface area contributed by atoms with Crippen LogP contribution in [0, 0.1) is 17.1 Å². The average Bonchev–Trinajstić information content (AvgIpc) is 2.89. The van der Waals surface area contributed by atoms with Crippen LogP contribution in [0.5, 0.6) is 0 Å². The Hall–Kier alpha value is -1.70. The fourth-order valence-electron chi connectivity index (χ4n) is 1.65. The van der Waals surface area contributed by atoms with Crippen LogP contribution in [-0.4, -0.2) is 6.54 Å². The van der Waals surface area contributed by atoms with Gasteiger partial charge < -0.3 is 5.32 Å². The lowest BCUT2D eigenvalue weighted by Gasteiger charge is -2.05. The molecule has 0 atom stereocenters. The summed E-state index contributed by atoms with van der Waals surface area (Å²) in [5.41, 5.74) is 2.25. The highest BCUT2D eigenvalue weighted by atomic mass is 32.1. The minimum absolute atomic E-state index is 0.322. The lowest BCUT2D eigenvalue weighted by Crippen LogP contribution is -2.17. The molecule has 0 aliphatic rings. The van der Waals surface area contributed by atoms with E-state index in [1.54, 1.807) is 23.5 Å². The Bertz CT molecular complexity index is 543. The smallest absolute Gasteiger partial charge is 0.129 e. The van der Waals surface area contributed by atoms with Gasteiger partial charge in [-0.2, -0.15) is 16.6 Å². The fourth-order valence-corrected chi connectivity index (χ4v) is 2.35. The highest BCUT2D eigenvalue weighted by molar-refractivity contribution is 7.07. The molecule has 0 saturated heterocycles. The summed E-state index contributed by atoms with van der Waals surface area (Å²) in [6.07, 6.45) is 0.946. The molecule has 0 aliphatic carbocycles. The minimum atomic E-state index is -0.322. The molecule has 92 valence electrons. The van der Waals surface area contributed by atoms with E-state index in [4.69, 9.17) is 5.26 Å². The lowest BCUT2D eigenvalue weighted by atomic mass is 10.1. The van der Waals surface area contributed by atoms with Gasteiger partial charge in [0.1, 0.15) is 5.82 Å². The van der Waals surface area contributed by atoms with E-state index in [0.717, 1.165) is 13.0 Å². The number of benzene rings is 1. The van der Waals surface area contributed by atoms with Crippen LogP contribution >= 0.6 is 11.3 Å². The molecule has 0 spiro atoms. The van der Waals surface area contributed by atoms with Crippen LogP contribution < -0.4 is 5.32 Å². The van der Waals surface area contributed by atoms with E-state index in [0.29, 0.717) is 17.7 Å². The standard InChI is InChI=1S/C14H13FN2S/c15-14-7-12(8-16)1-2-13(14)9-17-5-3-11-4-6-18-10-11/h1-2,4,6-7,10,17H,3,5,9H2. The second kappa shape index (κ2) is 6.29. The van der Waals surface area contributed by atoms with Gasteiger partial charge in [0.15, 0.2) is 0 Å². The van der Waals surface area contributed by atoms with Crippen molar-refractivity contribution in [2.75, 3.05) is 6.54 Å². The highest BCUT2D eigenvalue weighted by Crippen LogP contribution is 2.10. The molecule has 4 heteroatoms. The van der Waals surface area contributed by atoms with E-state index >= 15 is 0 Å². The number of rotatable bonds is 5. The summed E-state index contributed by atoms with van der Waals surface area (Å²) in [6.45, 7) is 1.30. The zero-order valence-electron chi connectivity index (χ0n) is 9.82. The van der Waals surface area contributed by atoms with Gasteiger partial charge in [-0.15, -0.1) is 0 Å². The summed E-state index contributed by atoms with van der Waals surface area (Å²) >= 11 is 1.68. The Morgan fingerprint density at radius 2 is 2.22 bits per heavy atom. The van der Waals surface area contributed by atoms with Crippen LogP contribution in [0.15, 0.2) is 35.0 Å². The Labute approximate surface area is 110 Å². The number of nitriles is 1. The van der Waals surface area contributed by atoms with E-state index in [1.807, 2.05) is 6.07 Å². The monoisotopic (exact) mass is 260 g/mol. The van der Waals surface area contributed by atoms with E-state index in [-0.39, 0.29) is 5.82 Å². The van der Waals surface area contributed by atoms with E-state index in [2.05, 4.69) is 22.1 Å². The van der Waals surface area contributed by atoms with Gasteiger partial charge in [0, 0.05) is 12.1 Å². The van der Waals surface area contributed by atoms with Crippen molar-refractivity contribution in [2.24, 2.45) is 0 Å². The van der Waals surface area contributed by atoms with Crippen LogP contribution in [0.3, 0.4) is 0 Å². The third-order valence-corrected chi connectivity index (χ3v) is 3.40. The van der Waals surface area contributed by atoms with Crippen molar-refractivity contribution in [3.8, 4) is 6.07 Å². The molecule has 1 aromatic heterocycles. The lowest BCUT2D eigenvalue weighted by molar-refractivity contribution is 0.588. The van der Waals surface area contributed by atoms with Gasteiger partial charge in [0.25, 0.3) is 0 Å². The molecule has 18 heavy (non-hydrogen) atoms. The Morgan fingerprint density at radius 1 is 1.33 bits per heavy atom. The molecule has 0 radical (unpaired) electrons. The first-order valence-electron chi connectivity index (χ1n) is 5.70. The summed E-state index contributed by atoms with van der Waals surface area (Å²) in [5.74, 6) is -0.322. The second-order valence-electron chi connectivity index (χ2n) is 3.98. The molecule has 2 nitrogen and oxygen atoms in total. The van der Waals surface area contributed by atoms with Crippen molar-refractivity contribution >= 4 is 11.3 Å². The first-order chi connectivity index (χ1) is 8.79. The van der Waals surface area contributed by atoms with Crippen molar-refractivity contribution in [1.29, 1.82) is 5.26 Å². The maximum Gasteiger partial charge on any atom is 0.129 e. The van der Waals surface area contributed by atoms with Crippen LogP contribution in [0.2, 0.25) is 0 Å². The van der Waals surface area contributed by atoms with Crippen molar-refractivity contribution in [3.63, 3.8) is 0 Å². The minimum Gasteiger partial charge on any atom is -0.312 e. The molecule has 2 aromatic rings. The molecule has 1 heterocycles. The summed E-state index contributed by atoms with van der Waals surface area (Å²) in [6, 6.07) is 8.58. The van der Waals surface area contributed by atoms with Gasteiger partial charge in [-0.05, 0) is 47.5 Å². The number of hydrogen-bond donors (Lipinski definition) is 1. The maximum absolute atomic E-state index is 13.5. The highest BCUT2D eigenvalue weighted by Gasteiger charge is 2.03. The molecule has 0 fully saturated rings. The van der Waals surface area contributed by atoms with Gasteiger partial charge in [-0.3, -0.25) is 0 Å². The fraction of sp³-hybridized carbons (Fsp3) is 0.214. The summed E-state index contributed by atoms with van der Waals surface area (Å²) in [5, 5.41) is 16.0. The predicted molar refractivity (Wildman–Crippen MR) is 70.8 cm³/mol. The molecule has 0 bridgehead atoms. The quantitative estimate of drug-likeness (QED) is 0.839. The summed E-state index contributed by atoms with van der Waals surface area (Å²) < 4.78 is 13.5. The van der Waals surface area contributed by atoms with Crippen LogP contribution in [0.4, 0.5) is 4.39 Å². The number of nitrogens with one attached hydrogen (secondary N) is 1. The normalized spacial score (nSPS) is 10.2. The molecule has 0 saturated carbocycles. The van der Waals surface area contributed by atoms with E-state index in [1.165, 1.54) is 11.6 Å². The Kier molecular flexibility index (Phi) is 4.46. The van der Waals surface area contributed by atoms with Crippen molar-refractivity contribution in [1.82, 2.24) is 5.32 Å². The van der Waals surface area contributed by atoms with Crippen molar-refractivity contribution in [2.45, 2.75) is 13.0 Å². The maximum atomic E-state index is 13.5. The number of nitrogens with zero attached hydrogens (tertiary/aromatic N) is 1. The van der Waals surface area contributed by atoms with Crippen molar-refractivity contribution < 1.29 is 4.39 Å². The Balaban J connectivity index is 1.82. The molecule has 1 aromatic carbocycles. The molecule has 0 amide bonds. The molecule has 1 N–H and O–H groups in total. The molecular weight excluding hydrogens is 247 g/mol. The zero-order chi connectivity index (χ0) is 12.8. The SMILES string of the molecule is N#Cc1ccc(CNCCc2ccsc2)c(F)c1. The van der Waals surface area contributed by atoms with Crippen LogP contribution in [0.25, 0.3) is 0 Å². The average molecular weight is 260 g/mol. The van der Waals surface area contributed by atoms with Crippen LogP contribution in [0.1, 0.15) is 16.7 Å². The third kappa shape index (κ3) is 3.39.